The highest BCUT2D eigenvalue weighted by Gasteiger charge is 2.24. The van der Waals surface area contributed by atoms with E-state index in [9.17, 15) is 14.9 Å². The third-order valence-corrected chi connectivity index (χ3v) is 3.93. The lowest BCUT2D eigenvalue weighted by molar-refractivity contribution is -0.384. The second-order valence-electron chi connectivity index (χ2n) is 4.14. The summed E-state index contributed by atoms with van der Waals surface area (Å²) in [7, 11) is 0. The van der Waals surface area contributed by atoms with Gasteiger partial charge in [-0.15, -0.1) is 0 Å². The molecule has 2 heterocycles. The van der Waals surface area contributed by atoms with Gasteiger partial charge in [-0.3, -0.25) is 19.5 Å². The van der Waals surface area contributed by atoms with Gasteiger partial charge in [0.25, 0.3) is 11.2 Å². The number of nitro benzene ring substituents is 1. The summed E-state index contributed by atoms with van der Waals surface area (Å²) >= 11 is 3.45. The van der Waals surface area contributed by atoms with Gasteiger partial charge in [-0.25, -0.2) is 4.98 Å². The van der Waals surface area contributed by atoms with Crippen molar-refractivity contribution in [3.05, 3.63) is 44.5 Å². The Balaban J connectivity index is 2.35. The smallest absolute Gasteiger partial charge is 0.271 e. The molecule has 7 heteroatoms. The van der Waals surface area contributed by atoms with E-state index in [0.29, 0.717) is 23.3 Å². The molecule has 0 spiro atoms. The standard InChI is InChI=1S/C11H8BrN3O3/c12-8-3-4-14-10(8)13-9-5-6(15(17)18)1-2-7(9)11(14)16/h1-2,5,8H,3-4H2/t8-/m0/s1. The predicted octanol–water partition coefficient (Wildman–Crippen LogP) is 2.14. The van der Waals surface area contributed by atoms with E-state index in [1.807, 2.05) is 0 Å². The third kappa shape index (κ3) is 1.54. The lowest BCUT2D eigenvalue weighted by Gasteiger charge is -2.05. The van der Waals surface area contributed by atoms with E-state index >= 15 is 0 Å². The van der Waals surface area contributed by atoms with E-state index < -0.39 is 4.92 Å². The molecule has 0 fully saturated rings. The van der Waals surface area contributed by atoms with Crippen molar-refractivity contribution in [2.24, 2.45) is 0 Å². The highest BCUT2D eigenvalue weighted by Crippen LogP contribution is 2.31. The van der Waals surface area contributed by atoms with Gasteiger partial charge in [0.15, 0.2) is 0 Å². The van der Waals surface area contributed by atoms with Gasteiger partial charge in [0.05, 0.1) is 20.7 Å². The van der Waals surface area contributed by atoms with Gasteiger partial charge in [0.1, 0.15) is 5.82 Å². The minimum absolute atomic E-state index is 0.0360. The Kier molecular flexibility index (Phi) is 2.44. The number of non-ortho nitro benzene ring substituents is 1. The first-order valence-corrected chi connectivity index (χ1v) is 6.32. The number of fused-ring (bicyclic) bond motifs is 2. The van der Waals surface area contributed by atoms with Crippen LogP contribution in [0.2, 0.25) is 0 Å². The number of hydrogen-bond donors (Lipinski definition) is 0. The van der Waals surface area contributed by atoms with E-state index in [0.717, 1.165) is 6.42 Å². The van der Waals surface area contributed by atoms with Crippen LogP contribution in [0.15, 0.2) is 23.0 Å². The first-order chi connectivity index (χ1) is 8.58. The van der Waals surface area contributed by atoms with Crippen LogP contribution in [-0.2, 0) is 6.54 Å². The predicted molar refractivity (Wildman–Crippen MR) is 68.9 cm³/mol. The van der Waals surface area contributed by atoms with Gasteiger partial charge in [-0.1, -0.05) is 15.9 Å². The van der Waals surface area contributed by atoms with E-state index in [1.54, 1.807) is 4.57 Å². The largest absolute Gasteiger partial charge is 0.295 e. The average Bonchev–Trinajstić information content (AvgIpc) is 2.71. The molecule has 18 heavy (non-hydrogen) atoms. The SMILES string of the molecule is O=c1c2ccc([N+](=O)[O-])cc2nc2n1CC[C@@H]2Br. The highest BCUT2D eigenvalue weighted by atomic mass is 79.9. The Hall–Kier alpha value is -1.76. The third-order valence-electron chi connectivity index (χ3n) is 3.07. The zero-order valence-electron chi connectivity index (χ0n) is 9.17. The van der Waals surface area contributed by atoms with Crippen LogP contribution in [-0.4, -0.2) is 14.5 Å². The molecule has 1 aliphatic rings. The van der Waals surface area contributed by atoms with Crippen LogP contribution in [0.25, 0.3) is 10.9 Å². The molecule has 0 aliphatic carbocycles. The van der Waals surface area contributed by atoms with Gasteiger partial charge in [0, 0.05) is 18.7 Å². The Labute approximate surface area is 110 Å². The maximum absolute atomic E-state index is 12.2. The molecule has 3 rings (SSSR count). The van der Waals surface area contributed by atoms with E-state index in [2.05, 4.69) is 20.9 Å². The molecular weight excluding hydrogens is 302 g/mol. The summed E-state index contributed by atoms with van der Waals surface area (Å²) in [5.74, 6) is 0.646. The van der Waals surface area contributed by atoms with Crippen molar-refractivity contribution in [3.8, 4) is 0 Å². The summed E-state index contributed by atoms with van der Waals surface area (Å²) in [5, 5.41) is 11.1. The van der Waals surface area contributed by atoms with E-state index in [-0.39, 0.29) is 16.1 Å². The van der Waals surface area contributed by atoms with Gasteiger partial charge >= 0.3 is 0 Å². The van der Waals surface area contributed by atoms with E-state index in [4.69, 9.17) is 0 Å². The molecule has 1 aromatic carbocycles. The number of benzene rings is 1. The number of nitrogens with zero attached hydrogens (tertiary/aromatic N) is 3. The number of hydrogen-bond acceptors (Lipinski definition) is 4. The molecule has 2 aromatic rings. The van der Waals surface area contributed by atoms with Crippen LogP contribution in [0, 0.1) is 10.1 Å². The van der Waals surface area contributed by atoms with Crippen LogP contribution in [0.5, 0.6) is 0 Å². The maximum atomic E-state index is 12.2. The molecule has 92 valence electrons. The number of alkyl halides is 1. The van der Waals surface area contributed by atoms with E-state index in [1.165, 1.54) is 18.2 Å². The van der Waals surface area contributed by atoms with Crippen LogP contribution in [0.1, 0.15) is 17.1 Å². The lowest BCUT2D eigenvalue weighted by atomic mass is 10.2. The van der Waals surface area contributed by atoms with Crippen molar-refractivity contribution >= 4 is 32.5 Å². The molecular formula is C11H8BrN3O3. The van der Waals surface area contributed by atoms with Crippen LogP contribution < -0.4 is 5.56 Å². The lowest BCUT2D eigenvalue weighted by Crippen LogP contribution is -2.21. The number of nitro groups is 1. The fourth-order valence-electron chi connectivity index (χ4n) is 2.17. The zero-order valence-corrected chi connectivity index (χ0v) is 10.8. The average molecular weight is 310 g/mol. The molecule has 0 saturated heterocycles. The molecule has 0 N–H and O–H groups in total. The van der Waals surface area contributed by atoms with Crippen molar-refractivity contribution in [2.45, 2.75) is 17.8 Å². The van der Waals surface area contributed by atoms with Crippen LogP contribution >= 0.6 is 15.9 Å². The van der Waals surface area contributed by atoms with Crippen LogP contribution in [0.3, 0.4) is 0 Å². The summed E-state index contributed by atoms with van der Waals surface area (Å²) in [6, 6.07) is 4.15. The maximum Gasteiger partial charge on any atom is 0.271 e. The Morgan fingerprint density at radius 1 is 1.50 bits per heavy atom. The first kappa shape index (κ1) is 11.3. The summed E-state index contributed by atoms with van der Waals surface area (Å²) in [6.07, 6.45) is 0.806. The molecule has 0 amide bonds. The van der Waals surface area contributed by atoms with Gasteiger partial charge in [-0.2, -0.15) is 0 Å². The molecule has 0 unspecified atom stereocenters. The Morgan fingerprint density at radius 2 is 2.28 bits per heavy atom. The molecule has 0 radical (unpaired) electrons. The second-order valence-corrected chi connectivity index (χ2v) is 5.25. The topological polar surface area (TPSA) is 78.0 Å². The number of rotatable bonds is 1. The fourth-order valence-corrected chi connectivity index (χ4v) is 2.72. The number of aromatic nitrogens is 2. The highest BCUT2D eigenvalue weighted by molar-refractivity contribution is 9.09. The zero-order chi connectivity index (χ0) is 12.9. The Bertz CT molecular complexity index is 725. The summed E-state index contributed by atoms with van der Waals surface area (Å²) < 4.78 is 1.62. The normalized spacial score (nSPS) is 17.9. The summed E-state index contributed by atoms with van der Waals surface area (Å²) in [4.78, 5) is 26.8. The molecule has 0 saturated carbocycles. The molecule has 1 aliphatic heterocycles. The van der Waals surface area contributed by atoms with Crippen molar-refractivity contribution in [1.82, 2.24) is 9.55 Å². The summed E-state index contributed by atoms with van der Waals surface area (Å²) in [5.41, 5.74) is 0.196. The fraction of sp³-hybridized carbons (Fsp3) is 0.273. The molecule has 6 nitrogen and oxygen atoms in total. The molecule has 1 aromatic heterocycles. The van der Waals surface area contributed by atoms with Gasteiger partial charge in [0.2, 0.25) is 0 Å². The summed E-state index contributed by atoms with van der Waals surface area (Å²) in [6.45, 7) is 0.629. The molecule has 1 atom stereocenters. The van der Waals surface area contributed by atoms with Crippen molar-refractivity contribution in [1.29, 1.82) is 0 Å². The van der Waals surface area contributed by atoms with Crippen molar-refractivity contribution in [2.75, 3.05) is 0 Å². The minimum atomic E-state index is -0.489. The minimum Gasteiger partial charge on any atom is -0.295 e. The quantitative estimate of drug-likeness (QED) is 0.459. The first-order valence-electron chi connectivity index (χ1n) is 5.41. The Morgan fingerprint density at radius 3 is 3.00 bits per heavy atom. The van der Waals surface area contributed by atoms with Crippen molar-refractivity contribution in [3.63, 3.8) is 0 Å². The van der Waals surface area contributed by atoms with Crippen molar-refractivity contribution < 1.29 is 4.92 Å². The number of halogens is 1. The second kappa shape index (κ2) is 3.88. The van der Waals surface area contributed by atoms with Crippen LogP contribution in [0.4, 0.5) is 5.69 Å². The van der Waals surface area contributed by atoms with Gasteiger partial charge < -0.3 is 0 Å². The molecule has 0 bridgehead atoms. The van der Waals surface area contributed by atoms with Gasteiger partial charge in [-0.05, 0) is 12.5 Å². The monoisotopic (exact) mass is 309 g/mol.